The molecular weight excluding hydrogens is 368 g/mol. The Morgan fingerprint density at radius 1 is 1.28 bits per heavy atom. The van der Waals surface area contributed by atoms with Gasteiger partial charge in [-0.3, -0.25) is 9.59 Å². The molecule has 0 bridgehead atoms. The van der Waals surface area contributed by atoms with Crippen LogP contribution in [-0.2, 0) is 19.4 Å². The average molecular weight is 387 g/mol. The summed E-state index contributed by atoms with van der Waals surface area (Å²) in [4.78, 5) is 28.1. The van der Waals surface area contributed by atoms with E-state index in [0.29, 0.717) is 16.5 Å². The maximum Gasteiger partial charge on any atom is 0.228 e. The van der Waals surface area contributed by atoms with Crippen molar-refractivity contribution in [3.8, 4) is 5.75 Å². The molecule has 2 fully saturated rings. The van der Waals surface area contributed by atoms with Crippen LogP contribution in [0.3, 0.4) is 0 Å². The zero-order valence-electron chi connectivity index (χ0n) is 13.8. The predicted molar refractivity (Wildman–Crippen MR) is 93.7 cm³/mol. The molecule has 2 saturated heterocycles. The number of hydrogen-bond donors (Lipinski definition) is 0. The lowest BCUT2D eigenvalue weighted by Gasteiger charge is -2.29. The second-order valence-electron chi connectivity index (χ2n) is 6.20. The number of nitrogens with zero attached hydrogens (tertiary/aromatic N) is 2. The van der Waals surface area contributed by atoms with Gasteiger partial charge in [0.05, 0.1) is 30.2 Å². The van der Waals surface area contributed by atoms with E-state index < -0.39 is 15.8 Å². The molecule has 1 aromatic rings. The SMILES string of the molecule is COc1ccc(Cl)cc1N1CC(C(=O)N2CCS(=O)(=O)CC2)CC1=O. The molecule has 0 saturated carbocycles. The Hall–Kier alpha value is -1.80. The van der Waals surface area contributed by atoms with Crippen molar-refractivity contribution < 1.29 is 22.7 Å². The molecule has 2 heterocycles. The first-order chi connectivity index (χ1) is 11.8. The van der Waals surface area contributed by atoms with Crippen molar-refractivity contribution in [2.45, 2.75) is 6.42 Å². The Morgan fingerprint density at radius 3 is 2.60 bits per heavy atom. The van der Waals surface area contributed by atoms with E-state index in [1.54, 1.807) is 18.2 Å². The maximum atomic E-state index is 12.7. The molecule has 0 aliphatic carbocycles. The molecule has 0 spiro atoms. The molecule has 1 atom stereocenters. The van der Waals surface area contributed by atoms with Crippen LogP contribution >= 0.6 is 11.6 Å². The normalized spacial score (nSPS) is 23.0. The Labute approximate surface area is 151 Å². The summed E-state index contributed by atoms with van der Waals surface area (Å²) in [6, 6.07) is 4.98. The highest BCUT2D eigenvalue weighted by molar-refractivity contribution is 7.91. The van der Waals surface area contributed by atoms with Crippen LogP contribution in [0.5, 0.6) is 5.75 Å². The van der Waals surface area contributed by atoms with Crippen molar-refractivity contribution in [2.75, 3.05) is 43.1 Å². The minimum Gasteiger partial charge on any atom is -0.495 e. The third kappa shape index (κ3) is 3.74. The minimum atomic E-state index is -3.05. The lowest BCUT2D eigenvalue weighted by atomic mass is 10.1. The molecule has 0 N–H and O–H groups in total. The summed E-state index contributed by atoms with van der Waals surface area (Å²) in [7, 11) is -1.55. The first-order valence-electron chi connectivity index (χ1n) is 7.94. The van der Waals surface area contributed by atoms with Gasteiger partial charge in [0.2, 0.25) is 11.8 Å². The summed E-state index contributed by atoms with van der Waals surface area (Å²) in [5, 5.41) is 0.472. The fourth-order valence-electron chi connectivity index (χ4n) is 3.17. The number of amides is 2. The Kier molecular flexibility index (Phi) is 4.92. The van der Waals surface area contributed by atoms with Gasteiger partial charge in [-0.25, -0.2) is 8.42 Å². The van der Waals surface area contributed by atoms with Gasteiger partial charge < -0.3 is 14.5 Å². The molecule has 25 heavy (non-hydrogen) atoms. The fraction of sp³-hybridized carbons (Fsp3) is 0.500. The second kappa shape index (κ2) is 6.84. The van der Waals surface area contributed by atoms with E-state index >= 15 is 0 Å². The largest absolute Gasteiger partial charge is 0.495 e. The Bertz CT molecular complexity index is 797. The number of benzene rings is 1. The van der Waals surface area contributed by atoms with Crippen molar-refractivity contribution in [1.82, 2.24) is 4.90 Å². The quantitative estimate of drug-likeness (QED) is 0.772. The van der Waals surface area contributed by atoms with E-state index in [1.165, 1.54) is 16.9 Å². The maximum absolute atomic E-state index is 12.7. The summed E-state index contributed by atoms with van der Waals surface area (Å²) >= 11 is 6.02. The number of rotatable bonds is 3. The lowest BCUT2D eigenvalue weighted by Crippen LogP contribution is -2.46. The van der Waals surface area contributed by atoms with Gasteiger partial charge in [-0.1, -0.05) is 11.6 Å². The number of anilines is 1. The Balaban J connectivity index is 1.75. The van der Waals surface area contributed by atoms with Crippen molar-refractivity contribution in [3.05, 3.63) is 23.2 Å². The van der Waals surface area contributed by atoms with Crippen LogP contribution in [-0.4, -0.2) is 63.4 Å². The van der Waals surface area contributed by atoms with Gasteiger partial charge in [0.25, 0.3) is 0 Å². The zero-order chi connectivity index (χ0) is 18.2. The van der Waals surface area contributed by atoms with Crippen LogP contribution < -0.4 is 9.64 Å². The summed E-state index contributed by atoms with van der Waals surface area (Å²) in [5.74, 6) is -0.376. The third-order valence-electron chi connectivity index (χ3n) is 4.56. The summed E-state index contributed by atoms with van der Waals surface area (Å²) < 4.78 is 28.3. The molecule has 1 aromatic carbocycles. The van der Waals surface area contributed by atoms with Gasteiger partial charge in [0.1, 0.15) is 5.75 Å². The molecule has 3 rings (SSSR count). The molecule has 1 unspecified atom stereocenters. The van der Waals surface area contributed by atoms with Gasteiger partial charge in [-0.15, -0.1) is 0 Å². The summed E-state index contributed by atoms with van der Waals surface area (Å²) in [6.07, 6.45) is 0.0950. The number of hydrogen-bond acceptors (Lipinski definition) is 5. The molecular formula is C16H19ClN2O5S. The highest BCUT2D eigenvalue weighted by Gasteiger charge is 2.39. The zero-order valence-corrected chi connectivity index (χ0v) is 15.3. The number of carbonyl (C=O) groups excluding carboxylic acids is 2. The van der Waals surface area contributed by atoms with E-state index in [4.69, 9.17) is 16.3 Å². The van der Waals surface area contributed by atoms with Crippen molar-refractivity contribution in [3.63, 3.8) is 0 Å². The fourth-order valence-corrected chi connectivity index (χ4v) is 4.54. The number of halogens is 1. The molecule has 0 radical (unpaired) electrons. The monoisotopic (exact) mass is 386 g/mol. The number of sulfone groups is 1. The van der Waals surface area contributed by atoms with Crippen LogP contribution in [0.1, 0.15) is 6.42 Å². The number of ether oxygens (including phenoxy) is 1. The molecule has 2 aliphatic rings. The first-order valence-corrected chi connectivity index (χ1v) is 10.1. The number of carbonyl (C=O) groups is 2. The van der Waals surface area contributed by atoms with Crippen LogP contribution in [0.4, 0.5) is 5.69 Å². The van der Waals surface area contributed by atoms with Gasteiger partial charge >= 0.3 is 0 Å². The molecule has 2 aliphatic heterocycles. The van der Waals surface area contributed by atoms with E-state index in [-0.39, 0.29) is 49.4 Å². The second-order valence-corrected chi connectivity index (χ2v) is 8.94. The van der Waals surface area contributed by atoms with Gasteiger partial charge in [-0.2, -0.15) is 0 Å². The van der Waals surface area contributed by atoms with Crippen LogP contribution in [0.25, 0.3) is 0 Å². The Morgan fingerprint density at radius 2 is 1.96 bits per heavy atom. The highest BCUT2D eigenvalue weighted by Crippen LogP contribution is 2.35. The van der Waals surface area contributed by atoms with Crippen molar-refractivity contribution >= 4 is 38.9 Å². The van der Waals surface area contributed by atoms with Crippen LogP contribution in [0.15, 0.2) is 18.2 Å². The van der Waals surface area contributed by atoms with Gasteiger partial charge in [-0.05, 0) is 18.2 Å². The van der Waals surface area contributed by atoms with Crippen LogP contribution in [0, 0.1) is 5.92 Å². The summed E-state index contributed by atoms with van der Waals surface area (Å²) in [5.41, 5.74) is 0.538. The topological polar surface area (TPSA) is 84.0 Å². The minimum absolute atomic E-state index is 0.0226. The van der Waals surface area contributed by atoms with E-state index in [9.17, 15) is 18.0 Å². The van der Waals surface area contributed by atoms with E-state index in [0.717, 1.165) is 0 Å². The van der Waals surface area contributed by atoms with Gasteiger partial charge in [0, 0.05) is 31.1 Å². The standard InChI is InChI=1S/C16H19ClN2O5S/c1-24-14-3-2-12(17)9-13(14)19-10-11(8-15(19)20)16(21)18-4-6-25(22,23)7-5-18/h2-3,9,11H,4-8,10H2,1H3. The van der Waals surface area contributed by atoms with E-state index in [1.807, 2.05) is 0 Å². The molecule has 7 nitrogen and oxygen atoms in total. The van der Waals surface area contributed by atoms with Crippen molar-refractivity contribution in [2.24, 2.45) is 5.92 Å². The smallest absolute Gasteiger partial charge is 0.228 e. The van der Waals surface area contributed by atoms with Crippen molar-refractivity contribution in [1.29, 1.82) is 0 Å². The molecule has 0 aromatic heterocycles. The van der Waals surface area contributed by atoms with Crippen LogP contribution in [0.2, 0.25) is 5.02 Å². The van der Waals surface area contributed by atoms with Gasteiger partial charge in [0.15, 0.2) is 9.84 Å². The summed E-state index contributed by atoms with van der Waals surface area (Å²) in [6.45, 7) is 0.607. The predicted octanol–water partition coefficient (Wildman–Crippen LogP) is 0.958. The average Bonchev–Trinajstić information content (AvgIpc) is 2.96. The molecule has 2 amide bonds. The molecule has 9 heteroatoms. The highest BCUT2D eigenvalue weighted by atomic mass is 35.5. The third-order valence-corrected chi connectivity index (χ3v) is 6.41. The molecule has 136 valence electrons. The van der Waals surface area contributed by atoms with E-state index in [2.05, 4.69) is 0 Å². The first kappa shape index (κ1) is 18.0. The number of methoxy groups -OCH3 is 1. The lowest BCUT2D eigenvalue weighted by molar-refractivity contribution is -0.135.